The van der Waals surface area contributed by atoms with E-state index >= 15 is 0 Å². The van der Waals surface area contributed by atoms with Crippen LogP contribution in [-0.4, -0.2) is 36.3 Å². The zero-order valence-electron chi connectivity index (χ0n) is 12.4. The smallest absolute Gasteiger partial charge is 0.0221 e. The molecule has 1 aliphatic heterocycles. The van der Waals surface area contributed by atoms with Gasteiger partial charge in [-0.05, 0) is 40.5 Å². The molecule has 6 atom stereocenters. The first-order valence-corrected chi connectivity index (χ1v) is 7.27. The van der Waals surface area contributed by atoms with Crippen molar-refractivity contribution in [3.05, 3.63) is 0 Å². The molecule has 1 rings (SSSR count). The summed E-state index contributed by atoms with van der Waals surface area (Å²) >= 11 is 0. The van der Waals surface area contributed by atoms with Gasteiger partial charge in [0.1, 0.15) is 0 Å². The van der Waals surface area contributed by atoms with Crippen molar-refractivity contribution in [1.82, 2.24) is 16.0 Å². The maximum atomic E-state index is 3.78. The highest BCUT2D eigenvalue weighted by atomic mass is 15.1. The van der Waals surface area contributed by atoms with E-state index in [1.807, 2.05) is 0 Å². The van der Waals surface area contributed by atoms with Crippen molar-refractivity contribution in [2.75, 3.05) is 0 Å². The first kappa shape index (κ1) is 14.9. The Morgan fingerprint density at radius 2 is 0.882 bits per heavy atom. The Bertz CT molecular complexity index is 198. The van der Waals surface area contributed by atoms with Crippen LogP contribution in [0.15, 0.2) is 0 Å². The molecule has 3 heteroatoms. The molecule has 0 aromatic rings. The van der Waals surface area contributed by atoms with E-state index in [0.717, 1.165) is 0 Å². The molecule has 0 aromatic carbocycles. The molecule has 0 aromatic heterocycles. The molecule has 17 heavy (non-hydrogen) atoms. The molecule has 3 nitrogen and oxygen atoms in total. The molecule has 0 radical (unpaired) electrons. The Balaban J connectivity index is 2.82. The zero-order chi connectivity index (χ0) is 13.0. The van der Waals surface area contributed by atoms with Gasteiger partial charge < -0.3 is 16.0 Å². The van der Waals surface area contributed by atoms with Gasteiger partial charge in [0, 0.05) is 36.3 Å². The van der Waals surface area contributed by atoms with E-state index in [-0.39, 0.29) is 0 Å². The quantitative estimate of drug-likeness (QED) is 0.691. The zero-order valence-corrected chi connectivity index (χ0v) is 12.4. The van der Waals surface area contributed by atoms with Crippen LogP contribution < -0.4 is 16.0 Å². The second kappa shape index (κ2) is 6.72. The molecule has 1 aliphatic rings. The van der Waals surface area contributed by atoms with Gasteiger partial charge in [-0.1, -0.05) is 13.8 Å². The summed E-state index contributed by atoms with van der Waals surface area (Å²) in [6, 6.07) is 3.21. The van der Waals surface area contributed by atoms with E-state index < -0.39 is 0 Å². The van der Waals surface area contributed by atoms with Crippen LogP contribution in [0, 0.1) is 0 Å². The topological polar surface area (TPSA) is 36.1 Å². The third-order valence-electron chi connectivity index (χ3n) is 4.35. The van der Waals surface area contributed by atoms with Gasteiger partial charge in [0.25, 0.3) is 0 Å². The van der Waals surface area contributed by atoms with E-state index in [2.05, 4.69) is 57.5 Å². The largest absolute Gasteiger partial charge is 0.309 e. The highest BCUT2D eigenvalue weighted by Crippen LogP contribution is 2.11. The summed E-state index contributed by atoms with van der Waals surface area (Å²) in [5.74, 6) is 0. The fraction of sp³-hybridized carbons (Fsp3) is 1.00. The maximum Gasteiger partial charge on any atom is 0.0221 e. The lowest BCUT2D eigenvalue weighted by molar-refractivity contribution is 0.309. The first-order chi connectivity index (χ1) is 7.99. The summed E-state index contributed by atoms with van der Waals surface area (Å²) in [7, 11) is 0. The lowest BCUT2D eigenvalue weighted by Gasteiger charge is -2.31. The molecule has 0 spiro atoms. The van der Waals surface area contributed by atoms with Crippen LogP contribution in [-0.2, 0) is 0 Å². The highest BCUT2D eigenvalue weighted by molar-refractivity contribution is 4.92. The van der Waals surface area contributed by atoms with Crippen LogP contribution in [0.1, 0.15) is 54.4 Å². The number of rotatable bonds is 2. The Kier molecular flexibility index (Phi) is 5.90. The SMILES string of the molecule is CC[C@@H]1NC(C)C(C)NC(C)C(C)N[C@@H]1CC. The summed E-state index contributed by atoms with van der Waals surface area (Å²) in [5.41, 5.74) is 0. The van der Waals surface area contributed by atoms with Crippen molar-refractivity contribution in [1.29, 1.82) is 0 Å². The minimum atomic E-state index is 0.513. The molecule has 0 amide bonds. The lowest BCUT2D eigenvalue weighted by atomic mass is 10.00. The van der Waals surface area contributed by atoms with E-state index in [9.17, 15) is 0 Å². The summed E-state index contributed by atoms with van der Waals surface area (Å²) in [6.45, 7) is 13.7. The molecule has 0 bridgehead atoms. The Morgan fingerprint density at radius 1 is 0.588 bits per heavy atom. The van der Waals surface area contributed by atoms with Crippen molar-refractivity contribution in [3.8, 4) is 0 Å². The summed E-state index contributed by atoms with van der Waals surface area (Å²) in [6.07, 6.45) is 2.37. The second-order valence-electron chi connectivity index (χ2n) is 5.68. The predicted octanol–water partition coefficient (Wildman–Crippen LogP) is 1.88. The standard InChI is InChI=1S/C14H31N3/c1-7-13-14(8-2)17-12(6)10(4)15-9(3)11(5)16-13/h9-17H,7-8H2,1-6H3/t9?,10?,11?,12?,13-,14+. The molecular formula is C14H31N3. The second-order valence-corrected chi connectivity index (χ2v) is 5.68. The van der Waals surface area contributed by atoms with Gasteiger partial charge in [-0.3, -0.25) is 0 Å². The Morgan fingerprint density at radius 3 is 1.18 bits per heavy atom. The minimum Gasteiger partial charge on any atom is -0.309 e. The molecule has 4 unspecified atom stereocenters. The third-order valence-corrected chi connectivity index (χ3v) is 4.35. The summed E-state index contributed by atoms with van der Waals surface area (Å²) in [5, 5.41) is 11.2. The number of hydrogen-bond acceptors (Lipinski definition) is 3. The monoisotopic (exact) mass is 241 g/mol. The van der Waals surface area contributed by atoms with Gasteiger partial charge >= 0.3 is 0 Å². The van der Waals surface area contributed by atoms with Crippen molar-refractivity contribution in [3.63, 3.8) is 0 Å². The van der Waals surface area contributed by atoms with Gasteiger partial charge in [-0.15, -0.1) is 0 Å². The van der Waals surface area contributed by atoms with E-state index in [1.54, 1.807) is 0 Å². The Hall–Kier alpha value is -0.120. The highest BCUT2D eigenvalue weighted by Gasteiger charge is 2.28. The van der Waals surface area contributed by atoms with Gasteiger partial charge in [0.15, 0.2) is 0 Å². The summed E-state index contributed by atoms with van der Waals surface area (Å²) in [4.78, 5) is 0. The fourth-order valence-electron chi connectivity index (χ4n) is 2.70. The minimum absolute atomic E-state index is 0.513. The van der Waals surface area contributed by atoms with Gasteiger partial charge in [0.05, 0.1) is 0 Å². The molecule has 3 N–H and O–H groups in total. The van der Waals surface area contributed by atoms with Gasteiger partial charge in [-0.2, -0.15) is 0 Å². The van der Waals surface area contributed by atoms with Crippen LogP contribution >= 0.6 is 0 Å². The fourth-order valence-corrected chi connectivity index (χ4v) is 2.70. The van der Waals surface area contributed by atoms with Crippen LogP contribution in [0.4, 0.5) is 0 Å². The molecule has 1 heterocycles. The average molecular weight is 241 g/mol. The van der Waals surface area contributed by atoms with Crippen LogP contribution in [0.2, 0.25) is 0 Å². The lowest BCUT2D eigenvalue weighted by Crippen LogP contribution is -2.53. The first-order valence-electron chi connectivity index (χ1n) is 7.27. The molecule has 0 aliphatic carbocycles. The summed E-state index contributed by atoms with van der Waals surface area (Å²) < 4.78 is 0. The predicted molar refractivity (Wildman–Crippen MR) is 75.4 cm³/mol. The Labute approximate surface area is 107 Å². The van der Waals surface area contributed by atoms with Crippen molar-refractivity contribution in [2.45, 2.75) is 90.6 Å². The number of nitrogens with one attached hydrogen (secondary N) is 3. The third kappa shape index (κ3) is 3.94. The van der Waals surface area contributed by atoms with E-state index in [4.69, 9.17) is 0 Å². The van der Waals surface area contributed by atoms with Crippen LogP contribution in [0.3, 0.4) is 0 Å². The van der Waals surface area contributed by atoms with Crippen molar-refractivity contribution < 1.29 is 0 Å². The van der Waals surface area contributed by atoms with Crippen LogP contribution in [0.25, 0.3) is 0 Å². The molecule has 0 saturated carbocycles. The number of hydrogen-bond donors (Lipinski definition) is 3. The molecule has 102 valence electrons. The van der Waals surface area contributed by atoms with E-state index in [0.29, 0.717) is 36.3 Å². The molecule has 1 fully saturated rings. The molecular weight excluding hydrogens is 210 g/mol. The maximum absolute atomic E-state index is 3.78. The normalized spacial score (nSPS) is 44.8. The average Bonchev–Trinajstić information content (AvgIpc) is 2.34. The van der Waals surface area contributed by atoms with E-state index in [1.165, 1.54) is 12.8 Å². The van der Waals surface area contributed by atoms with Crippen molar-refractivity contribution >= 4 is 0 Å². The van der Waals surface area contributed by atoms with Gasteiger partial charge in [0.2, 0.25) is 0 Å². The molecule has 1 saturated heterocycles. The van der Waals surface area contributed by atoms with Gasteiger partial charge in [-0.25, -0.2) is 0 Å². The van der Waals surface area contributed by atoms with Crippen molar-refractivity contribution in [2.24, 2.45) is 0 Å². The van der Waals surface area contributed by atoms with Crippen LogP contribution in [0.5, 0.6) is 0 Å².